The normalized spacial score (nSPS) is 27.5. The number of benzene rings is 1. The number of hydrogen-bond acceptors (Lipinski definition) is 5. The second-order valence-electron chi connectivity index (χ2n) is 5.10. The quantitative estimate of drug-likeness (QED) is 0.777. The number of rotatable bonds is 0. The van der Waals surface area contributed by atoms with Gasteiger partial charge in [0.15, 0.2) is 5.72 Å². The number of hydrogen-bond donors (Lipinski definition) is 1. The Kier molecular flexibility index (Phi) is 4.49. The van der Waals surface area contributed by atoms with Crippen LogP contribution in [-0.4, -0.2) is 60.4 Å². The zero-order valence-electron chi connectivity index (χ0n) is 11.8. The molecular formula is C15H19NO4S. The van der Waals surface area contributed by atoms with Gasteiger partial charge in [-0.25, -0.2) is 0 Å². The van der Waals surface area contributed by atoms with Crippen LogP contribution in [0.3, 0.4) is 0 Å². The van der Waals surface area contributed by atoms with Crippen molar-refractivity contribution >= 4 is 17.7 Å². The van der Waals surface area contributed by atoms with Crippen LogP contribution in [0.15, 0.2) is 24.3 Å². The molecule has 5 nitrogen and oxygen atoms in total. The van der Waals surface area contributed by atoms with Gasteiger partial charge in [0.1, 0.15) is 0 Å². The largest absolute Gasteiger partial charge is 0.379 e. The SMILES string of the molecule is O=C1c2ccccc2C2(O)COCCSCCOCCN12. The fraction of sp³-hybridized carbons (Fsp3) is 0.533. The summed E-state index contributed by atoms with van der Waals surface area (Å²) in [5, 5.41) is 11.0. The molecule has 1 amide bonds. The van der Waals surface area contributed by atoms with Gasteiger partial charge in [0.05, 0.1) is 26.4 Å². The van der Waals surface area contributed by atoms with E-state index in [1.165, 1.54) is 4.90 Å². The first-order valence-electron chi connectivity index (χ1n) is 7.10. The van der Waals surface area contributed by atoms with Crippen molar-refractivity contribution in [1.29, 1.82) is 0 Å². The second kappa shape index (κ2) is 6.36. The van der Waals surface area contributed by atoms with Crippen LogP contribution in [0.4, 0.5) is 0 Å². The van der Waals surface area contributed by atoms with Crippen LogP contribution in [0.2, 0.25) is 0 Å². The number of carbonyl (C=O) groups is 1. The van der Waals surface area contributed by atoms with Crippen molar-refractivity contribution in [2.24, 2.45) is 0 Å². The smallest absolute Gasteiger partial charge is 0.256 e. The van der Waals surface area contributed by atoms with Crippen LogP contribution < -0.4 is 0 Å². The molecule has 0 spiro atoms. The maximum Gasteiger partial charge on any atom is 0.256 e. The minimum absolute atomic E-state index is 0.0936. The Morgan fingerprint density at radius 1 is 1.14 bits per heavy atom. The van der Waals surface area contributed by atoms with Crippen molar-refractivity contribution in [1.82, 2.24) is 4.90 Å². The molecule has 1 fully saturated rings. The molecule has 0 bridgehead atoms. The molecule has 1 unspecified atom stereocenters. The third kappa shape index (κ3) is 2.81. The minimum Gasteiger partial charge on any atom is -0.379 e. The lowest BCUT2D eigenvalue weighted by molar-refractivity contribution is -0.136. The molecule has 21 heavy (non-hydrogen) atoms. The van der Waals surface area contributed by atoms with E-state index < -0.39 is 5.72 Å². The van der Waals surface area contributed by atoms with Gasteiger partial charge in [0.2, 0.25) is 0 Å². The lowest BCUT2D eigenvalue weighted by Crippen LogP contribution is -2.48. The molecule has 1 aromatic carbocycles. The maximum absolute atomic E-state index is 12.5. The molecule has 114 valence electrons. The summed E-state index contributed by atoms with van der Waals surface area (Å²) in [5.74, 6) is 1.61. The van der Waals surface area contributed by atoms with Crippen LogP contribution in [0.25, 0.3) is 0 Å². The average molecular weight is 309 g/mol. The predicted octanol–water partition coefficient (Wildman–Crippen LogP) is 1.07. The number of thioether (sulfide) groups is 1. The first-order chi connectivity index (χ1) is 10.2. The predicted molar refractivity (Wildman–Crippen MR) is 80.3 cm³/mol. The Bertz CT molecular complexity index is 524. The Morgan fingerprint density at radius 3 is 2.76 bits per heavy atom. The highest BCUT2D eigenvalue weighted by molar-refractivity contribution is 7.99. The summed E-state index contributed by atoms with van der Waals surface area (Å²) in [7, 11) is 0. The zero-order valence-corrected chi connectivity index (χ0v) is 12.6. The van der Waals surface area contributed by atoms with Gasteiger partial charge < -0.3 is 19.5 Å². The number of fused-ring (bicyclic) bond motifs is 3. The Morgan fingerprint density at radius 2 is 1.90 bits per heavy atom. The number of ether oxygens (including phenoxy) is 2. The summed E-state index contributed by atoms with van der Waals surface area (Å²) in [6.07, 6.45) is 0. The fourth-order valence-corrected chi connectivity index (χ4v) is 3.41. The van der Waals surface area contributed by atoms with E-state index >= 15 is 0 Å². The second-order valence-corrected chi connectivity index (χ2v) is 6.32. The highest BCUT2D eigenvalue weighted by Gasteiger charge is 2.48. The van der Waals surface area contributed by atoms with Crippen molar-refractivity contribution in [2.75, 3.05) is 44.5 Å². The molecule has 1 aromatic rings. The molecular weight excluding hydrogens is 290 g/mol. The van der Waals surface area contributed by atoms with Gasteiger partial charge in [-0.15, -0.1) is 0 Å². The first-order valence-corrected chi connectivity index (χ1v) is 8.26. The highest BCUT2D eigenvalue weighted by atomic mass is 32.2. The topological polar surface area (TPSA) is 59.0 Å². The van der Waals surface area contributed by atoms with E-state index in [1.54, 1.807) is 23.9 Å². The van der Waals surface area contributed by atoms with E-state index in [4.69, 9.17) is 9.47 Å². The summed E-state index contributed by atoms with van der Waals surface area (Å²) in [4.78, 5) is 14.0. The van der Waals surface area contributed by atoms with E-state index in [9.17, 15) is 9.90 Å². The first kappa shape index (κ1) is 14.8. The van der Waals surface area contributed by atoms with Crippen molar-refractivity contribution in [3.63, 3.8) is 0 Å². The summed E-state index contributed by atoms with van der Waals surface area (Å²) < 4.78 is 11.2. The Balaban J connectivity index is 1.88. The summed E-state index contributed by atoms with van der Waals surface area (Å²) in [6.45, 7) is 2.08. The van der Waals surface area contributed by atoms with E-state index in [0.717, 1.165) is 11.5 Å². The zero-order chi connectivity index (χ0) is 14.7. The maximum atomic E-state index is 12.5. The van der Waals surface area contributed by atoms with Gasteiger partial charge in [-0.3, -0.25) is 4.79 Å². The van der Waals surface area contributed by atoms with E-state index in [1.807, 2.05) is 12.1 Å². The third-order valence-electron chi connectivity index (χ3n) is 3.79. The average Bonchev–Trinajstić information content (AvgIpc) is 2.70. The molecule has 3 rings (SSSR count). The molecule has 2 aliphatic rings. The number of aliphatic hydroxyl groups is 1. The van der Waals surface area contributed by atoms with Crippen molar-refractivity contribution < 1.29 is 19.4 Å². The molecule has 0 aromatic heterocycles. The van der Waals surface area contributed by atoms with Gasteiger partial charge in [-0.05, 0) is 6.07 Å². The lowest BCUT2D eigenvalue weighted by Gasteiger charge is -2.34. The van der Waals surface area contributed by atoms with Crippen molar-refractivity contribution in [3.8, 4) is 0 Å². The Labute approximate surface area is 128 Å². The van der Waals surface area contributed by atoms with Gasteiger partial charge in [-0.2, -0.15) is 11.8 Å². The van der Waals surface area contributed by atoms with Gasteiger partial charge in [0, 0.05) is 29.2 Å². The molecule has 1 atom stereocenters. The van der Waals surface area contributed by atoms with Crippen LogP contribution in [0, 0.1) is 0 Å². The molecule has 6 heteroatoms. The minimum atomic E-state index is -1.39. The van der Waals surface area contributed by atoms with E-state index in [-0.39, 0.29) is 12.5 Å². The fourth-order valence-electron chi connectivity index (χ4n) is 2.73. The summed E-state index contributed by atoms with van der Waals surface area (Å²) in [6, 6.07) is 7.17. The molecule has 0 saturated carbocycles. The van der Waals surface area contributed by atoms with Crippen molar-refractivity contribution in [3.05, 3.63) is 35.4 Å². The molecule has 2 heterocycles. The molecule has 0 radical (unpaired) electrons. The number of amides is 1. The van der Waals surface area contributed by atoms with Crippen LogP contribution in [0.5, 0.6) is 0 Å². The van der Waals surface area contributed by atoms with Crippen LogP contribution in [0.1, 0.15) is 15.9 Å². The number of carbonyl (C=O) groups excluding carboxylic acids is 1. The standard InChI is InChI=1S/C15H19NO4S/c17-14-12-3-1-2-4-13(12)15(18)11-20-8-10-21-9-7-19-6-5-16(14)15/h1-4,18H,5-11H2. The van der Waals surface area contributed by atoms with Crippen LogP contribution in [-0.2, 0) is 15.2 Å². The monoisotopic (exact) mass is 309 g/mol. The third-order valence-corrected chi connectivity index (χ3v) is 4.70. The van der Waals surface area contributed by atoms with Crippen LogP contribution >= 0.6 is 11.8 Å². The Hall–Kier alpha value is -1.08. The molecule has 1 N–H and O–H groups in total. The lowest BCUT2D eigenvalue weighted by atomic mass is 10.0. The van der Waals surface area contributed by atoms with Gasteiger partial charge in [0.25, 0.3) is 5.91 Å². The number of nitrogens with zero attached hydrogens (tertiary/aromatic N) is 1. The molecule has 0 aliphatic carbocycles. The van der Waals surface area contributed by atoms with Crippen molar-refractivity contribution in [2.45, 2.75) is 5.72 Å². The van der Waals surface area contributed by atoms with Gasteiger partial charge in [-0.1, -0.05) is 18.2 Å². The van der Waals surface area contributed by atoms with E-state index in [2.05, 4.69) is 0 Å². The summed E-state index contributed by atoms with van der Waals surface area (Å²) >= 11 is 1.77. The highest BCUT2D eigenvalue weighted by Crippen LogP contribution is 2.37. The van der Waals surface area contributed by atoms with Gasteiger partial charge >= 0.3 is 0 Å². The summed E-state index contributed by atoms with van der Waals surface area (Å²) in [5.41, 5.74) is -0.214. The molecule has 2 aliphatic heterocycles. The van der Waals surface area contributed by atoms with E-state index in [0.29, 0.717) is 37.5 Å². The molecule has 1 saturated heterocycles.